The minimum absolute atomic E-state index is 0.116. The lowest BCUT2D eigenvalue weighted by Crippen LogP contribution is -2.29. The van der Waals surface area contributed by atoms with Crippen LogP contribution in [0.15, 0.2) is 33.3 Å². The Morgan fingerprint density at radius 3 is 2.03 bits per heavy atom. The van der Waals surface area contributed by atoms with Gasteiger partial charge in [0.1, 0.15) is 30.0 Å². The van der Waals surface area contributed by atoms with Crippen LogP contribution in [0, 0.1) is 27.7 Å². The molecule has 4 aromatic rings. The van der Waals surface area contributed by atoms with Crippen LogP contribution in [0.3, 0.4) is 0 Å². The lowest BCUT2D eigenvalue weighted by molar-refractivity contribution is 0.108. The standard InChI is InChI=1S/C24H26ClN5O4/c1-12-22(14(3)33-29-12)20-9-21(23-13(2)30-34-15(23)4)28-24(27-20)16-6-17(25)8-19(7-16)32-11-18(31)10-26-5/h6-9,18,26,31H,10-11H2,1-5H3. The highest BCUT2D eigenvalue weighted by Crippen LogP contribution is 2.34. The molecular formula is C24H26ClN5O4. The van der Waals surface area contributed by atoms with E-state index in [1.165, 1.54) is 0 Å². The second kappa shape index (κ2) is 9.92. The highest BCUT2D eigenvalue weighted by atomic mass is 35.5. The second-order valence-corrected chi connectivity index (χ2v) is 8.49. The monoisotopic (exact) mass is 483 g/mol. The number of benzene rings is 1. The van der Waals surface area contributed by atoms with Gasteiger partial charge in [0.2, 0.25) is 0 Å². The van der Waals surface area contributed by atoms with Crippen LogP contribution in [0.1, 0.15) is 22.9 Å². The number of hydrogen-bond acceptors (Lipinski definition) is 9. The molecule has 0 saturated carbocycles. The Balaban J connectivity index is 1.83. The number of likely N-dealkylation sites (N-methyl/N-ethyl adjacent to an activating group) is 1. The zero-order valence-electron chi connectivity index (χ0n) is 19.6. The van der Waals surface area contributed by atoms with E-state index in [1.54, 1.807) is 25.2 Å². The second-order valence-electron chi connectivity index (χ2n) is 8.06. The van der Waals surface area contributed by atoms with Crippen molar-refractivity contribution >= 4 is 11.6 Å². The molecule has 9 nitrogen and oxygen atoms in total. The van der Waals surface area contributed by atoms with Gasteiger partial charge in [0, 0.05) is 17.1 Å². The lowest BCUT2D eigenvalue weighted by atomic mass is 10.0. The molecule has 1 atom stereocenters. The van der Waals surface area contributed by atoms with E-state index in [9.17, 15) is 5.11 Å². The van der Waals surface area contributed by atoms with Gasteiger partial charge in [0.25, 0.3) is 0 Å². The smallest absolute Gasteiger partial charge is 0.160 e. The van der Waals surface area contributed by atoms with Crippen LogP contribution in [-0.4, -0.2) is 51.7 Å². The first kappa shape index (κ1) is 23.9. The van der Waals surface area contributed by atoms with Crippen LogP contribution in [0.5, 0.6) is 5.75 Å². The number of nitrogens with one attached hydrogen (secondary N) is 1. The average molecular weight is 484 g/mol. The van der Waals surface area contributed by atoms with E-state index in [0.29, 0.717) is 51.6 Å². The molecule has 10 heteroatoms. The number of aliphatic hydroxyl groups is 1. The van der Waals surface area contributed by atoms with Gasteiger partial charge in [-0.25, -0.2) is 9.97 Å². The van der Waals surface area contributed by atoms with Gasteiger partial charge in [-0.1, -0.05) is 21.9 Å². The molecule has 0 radical (unpaired) electrons. The molecule has 3 aromatic heterocycles. The van der Waals surface area contributed by atoms with Crippen molar-refractivity contribution in [1.29, 1.82) is 0 Å². The van der Waals surface area contributed by atoms with E-state index in [0.717, 1.165) is 22.5 Å². The minimum Gasteiger partial charge on any atom is -0.491 e. The third kappa shape index (κ3) is 4.96. The van der Waals surface area contributed by atoms with E-state index in [-0.39, 0.29) is 6.61 Å². The fourth-order valence-electron chi connectivity index (χ4n) is 3.79. The maximum absolute atomic E-state index is 9.98. The van der Waals surface area contributed by atoms with Crippen molar-refractivity contribution in [3.8, 4) is 39.7 Å². The summed E-state index contributed by atoms with van der Waals surface area (Å²) < 4.78 is 16.5. The molecule has 4 rings (SSSR count). The van der Waals surface area contributed by atoms with Crippen LogP contribution >= 0.6 is 11.6 Å². The van der Waals surface area contributed by atoms with Crippen LogP contribution in [-0.2, 0) is 0 Å². The van der Waals surface area contributed by atoms with Gasteiger partial charge < -0.3 is 24.2 Å². The fourth-order valence-corrected chi connectivity index (χ4v) is 4.02. The molecule has 0 aliphatic carbocycles. The minimum atomic E-state index is -0.655. The highest BCUT2D eigenvalue weighted by molar-refractivity contribution is 6.31. The predicted molar refractivity (Wildman–Crippen MR) is 128 cm³/mol. The summed E-state index contributed by atoms with van der Waals surface area (Å²) in [5.74, 6) is 2.25. The largest absolute Gasteiger partial charge is 0.491 e. The van der Waals surface area contributed by atoms with Gasteiger partial charge in [0.05, 0.1) is 33.9 Å². The topological polar surface area (TPSA) is 119 Å². The third-order valence-corrected chi connectivity index (χ3v) is 5.54. The first-order chi connectivity index (χ1) is 16.3. The zero-order valence-corrected chi connectivity index (χ0v) is 20.4. The first-order valence-electron chi connectivity index (χ1n) is 10.8. The maximum atomic E-state index is 9.98. The molecule has 3 heterocycles. The number of ether oxygens (including phenoxy) is 1. The Labute approximate surface area is 202 Å². The van der Waals surface area contributed by atoms with Crippen molar-refractivity contribution in [3.05, 3.63) is 52.2 Å². The summed E-state index contributed by atoms with van der Waals surface area (Å²) in [5, 5.41) is 21.5. The zero-order chi connectivity index (χ0) is 24.4. The Bertz CT molecular complexity index is 1210. The van der Waals surface area contributed by atoms with Gasteiger partial charge in [-0.05, 0) is 59.0 Å². The maximum Gasteiger partial charge on any atom is 0.160 e. The quantitative estimate of drug-likeness (QED) is 0.378. The SMILES string of the molecule is CNCC(O)COc1cc(Cl)cc(-c2nc(-c3c(C)noc3C)cc(-c3c(C)noc3C)n2)c1. The number of hydrogen-bond donors (Lipinski definition) is 2. The van der Waals surface area contributed by atoms with Gasteiger partial charge in [0.15, 0.2) is 5.82 Å². The van der Waals surface area contributed by atoms with Gasteiger partial charge in [-0.3, -0.25) is 0 Å². The van der Waals surface area contributed by atoms with Crippen molar-refractivity contribution in [2.75, 3.05) is 20.2 Å². The number of aliphatic hydroxyl groups excluding tert-OH is 1. The Kier molecular flexibility index (Phi) is 6.97. The summed E-state index contributed by atoms with van der Waals surface area (Å²) in [7, 11) is 1.76. The number of aryl methyl sites for hydroxylation is 4. The molecule has 0 amide bonds. The van der Waals surface area contributed by atoms with Crippen molar-refractivity contribution < 1.29 is 18.9 Å². The summed E-state index contributed by atoms with van der Waals surface area (Å²) in [5.41, 5.74) is 5.01. The molecule has 178 valence electrons. The van der Waals surface area contributed by atoms with Gasteiger partial charge in [-0.15, -0.1) is 0 Å². The molecule has 0 fully saturated rings. The van der Waals surface area contributed by atoms with Crippen molar-refractivity contribution in [2.24, 2.45) is 0 Å². The molecule has 1 unspecified atom stereocenters. The Morgan fingerprint density at radius 1 is 0.941 bits per heavy atom. The van der Waals surface area contributed by atoms with Crippen molar-refractivity contribution in [3.63, 3.8) is 0 Å². The van der Waals surface area contributed by atoms with E-state index in [4.69, 9.17) is 35.4 Å². The Morgan fingerprint density at radius 2 is 1.53 bits per heavy atom. The van der Waals surface area contributed by atoms with E-state index in [1.807, 2.05) is 33.8 Å². The number of rotatable bonds is 8. The molecule has 34 heavy (non-hydrogen) atoms. The molecule has 0 spiro atoms. The van der Waals surface area contributed by atoms with E-state index in [2.05, 4.69) is 15.6 Å². The normalized spacial score (nSPS) is 12.2. The summed E-state index contributed by atoms with van der Waals surface area (Å²) in [6.45, 7) is 7.95. The van der Waals surface area contributed by atoms with Crippen molar-refractivity contribution in [2.45, 2.75) is 33.8 Å². The Hall–Kier alpha value is -3.27. The average Bonchev–Trinajstić information content (AvgIpc) is 3.31. The summed E-state index contributed by atoms with van der Waals surface area (Å²) >= 11 is 6.40. The molecule has 1 aromatic carbocycles. The van der Waals surface area contributed by atoms with Crippen molar-refractivity contribution in [1.82, 2.24) is 25.6 Å². The van der Waals surface area contributed by atoms with Crippen LogP contribution < -0.4 is 10.1 Å². The first-order valence-corrected chi connectivity index (χ1v) is 11.2. The molecule has 0 bridgehead atoms. The number of halogens is 1. The molecule has 0 aliphatic rings. The predicted octanol–water partition coefficient (Wildman–Crippen LogP) is 4.30. The fraction of sp³-hybridized carbons (Fsp3) is 0.333. The lowest BCUT2D eigenvalue weighted by Gasteiger charge is -2.13. The highest BCUT2D eigenvalue weighted by Gasteiger charge is 2.21. The summed E-state index contributed by atoms with van der Waals surface area (Å²) in [6.07, 6.45) is -0.655. The van der Waals surface area contributed by atoms with Gasteiger partial charge in [-0.2, -0.15) is 0 Å². The third-order valence-electron chi connectivity index (χ3n) is 5.32. The van der Waals surface area contributed by atoms with Crippen LogP contribution in [0.25, 0.3) is 33.9 Å². The van der Waals surface area contributed by atoms with Gasteiger partial charge >= 0.3 is 0 Å². The number of aromatic nitrogens is 4. The molecular weight excluding hydrogens is 458 g/mol. The van der Waals surface area contributed by atoms with E-state index < -0.39 is 6.10 Å². The molecule has 2 N–H and O–H groups in total. The molecule has 0 aliphatic heterocycles. The van der Waals surface area contributed by atoms with Crippen LogP contribution in [0.2, 0.25) is 5.02 Å². The summed E-state index contributed by atoms with van der Waals surface area (Å²) in [4.78, 5) is 9.62. The van der Waals surface area contributed by atoms with Crippen LogP contribution in [0.4, 0.5) is 0 Å². The van der Waals surface area contributed by atoms with E-state index >= 15 is 0 Å². The molecule has 0 saturated heterocycles. The summed E-state index contributed by atoms with van der Waals surface area (Å²) in [6, 6.07) is 7.12. The number of nitrogens with zero attached hydrogens (tertiary/aromatic N) is 4.